The van der Waals surface area contributed by atoms with E-state index in [4.69, 9.17) is 4.74 Å². The first-order valence-corrected chi connectivity index (χ1v) is 5.41. The normalized spacial score (nSPS) is 30.8. The summed E-state index contributed by atoms with van der Waals surface area (Å²) in [6, 6.07) is 0.220. The second-order valence-corrected chi connectivity index (χ2v) is 4.09. The van der Waals surface area contributed by atoms with Crippen LogP contribution in [0.1, 0.15) is 26.2 Å². The summed E-state index contributed by atoms with van der Waals surface area (Å²) in [7, 11) is 0. The summed E-state index contributed by atoms with van der Waals surface area (Å²) in [6.07, 6.45) is 3.72. The molecule has 0 aliphatic carbocycles. The number of hydrogen-bond acceptors (Lipinski definition) is 3. The molecule has 4 nitrogen and oxygen atoms in total. The molecule has 14 heavy (non-hydrogen) atoms. The second-order valence-electron chi connectivity index (χ2n) is 4.09. The van der Waals surface area contributed by atoms with Gasteiger partial charge in [-0.15, -0.1) is 0 Å². The third-order valence-corrected chi connectivity index (χ3v) is 3.12. The topological polar surface area (TPSA) is 41.6 Å². The first-order chi connectivity index (χ1) is 6.79. The molecule has 0 bridgehead atoms. The molecule has 2 fully saturated rings. The molecule has 2 unspecified atom stereocenters. The van der Waals surface area contributed by atoms with E-state index >= 15 is 0 Å². The van der Waals surface area contributed by atoms with Crippen LogP contribution in [0.2, 0.25) is 0 Å². The molecule has 0 saturated carbocycles. The zero-order chi connectivity index (χ0) is 9.97. The minimum Gasteiger partial charge on any atom is -0.376 e. The first kappa shape index (κ1) is 9.93. The lowest BCUT2D eigenvalue weighted by molar-refractivity contribution is -0.132. The Balaban J connectivity index is 1.92. The molecule has 0 spiro atoms. The Morgan fingerprint density at radius 1 is 1.57 bits per heavy atom. The van der Waals surface area contributed by atoms with Crippen molar-refractivity contribution in [3.63, 3.8) is 0 Å². The van der Waals surface area contributed by atoms with Gasteiger partial charge in [-0.05, 0) is 26.2 Å². The molecule has 80 valence electrons. The minimum absolute atomic E-state index is 0.201. The van der Waals surface area contributed by atoms with E-state index in [-0.39, 0.29) is 18.1 Å². The summed E-state index contributed by atoms with van der Waals surface area (Å²) < 4.78 is 5.68. The fourth-order valence-corrected chi connectivity index (χ4v) is 2.19. The molecule has 1 N–H and O–H groups in total. The van der Waals surface area contributed by atoms with Crippen LogP contribution in [-0.4, -0.2) is 42.8 Å². The maximum Gasteiger partial charge on any atom is 0.237 e. The van der Waals surface area contributed by atoms with Crippen molar-refractivity contribution in [1.82, 2.24) is 10.2 Å². The SMILES string of the molecule is CC(C1CCCCO1)N1CNCC1=O. The quantitative estimate of drug-likeness (QED) is 0.695. The predicted octanol–water partition coefficient (Wildman–Crippen LogP) is 0.333. The fourth-order valence-electron chi connectivity index (χ4n) is 2.19. The molecule has 0 radical (unpaired) electrons. The van der Waals surface area contributed by atoms with Gasteiger partial charge in [0.25, 0.3) is 0 Å². The summed E-state index contributed by atoms with van der Waals surface area (Å²) >= 11 is 0. The number of carbonyl (C=O) groups excluding carboxylic acids is 1. The largest absolute Gasteiger partial charge is 0.376 e. The molecule has 4 heteroatoms. The second kappa shape index (κ2) is 4.28. The molecule has 0 aromatic carbocycles. The zero-order valence-electron chi connectivity index (χ0n) is 8.66. The highest BCUT2D eigenvalue weighted by Gasteiger charge is 2.31. The monoisotopic (exact) mass is 198 g/mol. The van der Waals surface area contributed by atoms with E-state index in [0.29, 0.717) is 13.2 Å². The summed E-state index contributed by atoms with van der Waals surface area (Å²) in [5, 5.41) is 3.06. The standard InChI is InChI=1S/C10H18N2O2/c1-8(9-4-2-3-5-14-9)12-7-11-6-10(12)13/h8-9,11H,2-7H2,1H3. The molecule has 2 aliphatic rings. The van der Waals surface area contributed by atoms with Crippen molar-refractivity contribution in [3.8, 4) is 0 Å². The van der Waals surface area contributed by atoms with Crippen molar-refractivity contribution in [2.24, 2.45) is 0 Å². The molecule has 1 amide bonds. The number of ether oxygens (including phenoxy) is 1. The van der Waals surface area contributed by atoms with Gasteiger partial charge in [-0.2, -0.15) is 0 Å². The smallest absolute Gasteiger partial charge is 0.237 e. The van der Waals surface area contributed by atoms with Crippen molar-refractivity contribution >= 4 is 5.91 Å². The van der Waals surface area contributed by atoms with E-state index in [1.807, 2.05) is 4.90 Å². The first-order valence-electron chi connectivity index (χ1n) is 5.41. The van der Waals surface area contributed by atoms with Crippen molar-refractivity contribution in [3.05, 3.63) is 0 Å². The van der Waals surface area contributed by atoms with Crippen LogP contribution in [-0.2, 0) is 9.53 Å². The summed E-state index contributed by atoms with van der Waals surface area (Å²) in [6.45, 7) is 4.10. The van der Waals surface area contributed by atoms with E-state index in [2.05, 4.69) is 12.2 Å². The number of carbonyl (C=O) groups is 1. The molecule has 0 aromatic rings. The Morgan fingerprint density at radius 2 is 2.43 bits per heavy atom. The van der Waals surface area contributed by atoms with Crippen LogP contribution in [0.4, 0.5) is 0 Å². The van der Waals surface area contributed by atoms with E-state index in [9.17, 15) is 4.79 Å². The molecule has 2 saturated heterocycles. The van der Waals surface area contributed by atoms with Gasteiger partial charge >= 0.3 is 0 Å². The van der Waals surface area contributed by atoms with Gasteiger partial charge in [-0.25, -0.2) is 0 Å². The van der Waals surface area contributed by atoms with Crippen molar-refractivity contribution < 1.29 is 9.53 Å². The maximum atomic E-state index is 11.5. The van der Waals surface area contributed by atoms with Gasteiger partial charge in [0.2, 0.25) is 5.91 Å². The number of nitrogens with zero attached hydrogens (tertiary/aromatic N) is 1. The van der Waals surface area contributed by atoms with Crippen LogP contribution in [0.3, 0.4) is 0 Å². The van der Waals surface area contributed by atoms with Gasteiger partial charge < -0.3 is 9.64 Å². The van der Waals surface area contributed by atoms with Gasteiger partial charge in [0.15, 0.2) is 0 Å². The average molecular weight is 198 g/mol. The Labute approximate surface area is 84.6 Å². The number of rotatable bonds is 2. The zero-order valence-corrected chi connectivity index (χ0v) is 8.66. The molecule has 2 atom stereocenters. The van der Waals surface area contributed by atoms with E-state index in [1.165, 1.54) is 6.42 Å². The van der Waals surface area contributed by atoms with Gasteiger partial charge in [-0.1, -0.05) is 0 Å². The van der Waals surface area contributed by atoms with Crippen LogP contribution in [0, 0.1) is 0 Å². The molecular weight excluding hydrogens is 180 g/mol. The van der Waals surface area contributed by atoms with Crippen molar-refractivity contribution in [1.29, 1.82) is 0 Å². The van der Waals surface area contributed by atoms with Crippen LogP contribution >= 0.6 is 0 Å². The number of nitrogens with one attached hydrogen (secondary N) is 1. The molecule has 2 heterocycles. The van der Waals surface area contributed by atoms with Gasteiger partial charge in [-0.3, -0.25) is 10.1 Å². The molecule has 2 rings (SSSR count). The van der Waals surface area contributed by atoms with Crippen LogP contribution < -0.4 is 5.32 Å². The lowest BCUT2D eigenvalue weighted by Crippen LogP contribution is -2.45. The Bertz CT molecular complexity index is 214. The number of hydrogen-bond donors (Lipinski definition) is 1. The van der Waals surface area contributed by atoms with Crippen molar-refractivity contribution in [2.45, 2.75) is 38.3 Å². The van der Waals surface area contributed by atoms with Crippen LogP contribution in [0.25, 0.3) is 0 Å². The lowest BCUT2D eigenvalue weighted by Gasteiger charge is -2.33. The predicted molar refractivity (Wildman–Crippen MR) is 52.8 cm³/mol. The molecule has 0 aromatic heterocycles. The van der Waals surface area contributed by atoms with Gasteiger partial charge in [0, 0.05) is 6.61 Å². The molecular formula is C10H18N2O2. The van der Waals surface area contributed by atoms with E-state index in [1.54, 1.807) is 0 Å². The Hall–Kier alpha value is -0.610. The maximum absolute atomic E-state index is 11.5. The summed E-state index contributed by atoms with van der Waals surface area (Å²) in [5.41, 5.74) is 0. The lowest BCUT2D eigenvalue weighted by atomic mass is 10.0. The van der Waals surface area contributed by atoms with Gasteiger partial charge in [0.05, 0.1) is 25.4 Å². The van der Waals surface area contributed by atoms with Gasteiger partial charge in [0.1, 0.15) is 0 Å². The fraction of sp³-hybridized carbons (Fsp3) is 0.900. The highest BCUT2D eigenvalue weighted by atomic mass is 16.5. The molecule has 2 aliphatic heterocycles. The third-order valence-electron chi connectivity index (χ3n) is 3.12. The summed E-state index contributed by atoms with van der Waals surface area (Å²) in [5.74, 6) is 0.201. The van der Waals surface area contributed by atoms with E-state index in [0.717, 1.165) is 19.4 Å². The average Bonchev–Trinajstić information content (AvgIpc) is 2.65. The van der Waals surface area contributed by atoms with Crippen LogP contribution in [0.5, 0.6) is 0 Å². The minimum atomic E-state index is 0.201. The highest BCUT2D eigenvalue weighted by Crippen LogP contribution is 2.19. The number of amides is 1. The van der Waals surface area contributed by atoms with E-state index < -0.39 is 0 Å². The van der Waals surface area contributed by atoms with Crippen LogP contribution in [0.15, 0.2) is 0 Å². The van der Waals surface area contributed by atoms with Crippen molar-refractivity contribution in [2.75, 3.05) is 19.8 Å². The third kappa shape index (κ3) is 1.91. The highest BCUT2D eigenvalue weighted by molar-refractivity contribution is 5.80. The Kier molecular flexibility index (Phi) is 3.03. The summed E-state index contributed by atoms with van der Waals surface area (Å²) in [4.78, 5) is 13.4. The Morgan fingerprint density at radius 3 is 3.00 bits per heavy atom.